The third-order valence-corrected chi connectivity index (χ3v) is 7.22. The van der Waals surface area contributed by atoms with Gasteiger partial charge < -0.3 is 0 Å². The van der Waals surface area contributed by atoms with Crippen molar-refractivity contribution in [3.05, 3.63) is 58.7 Å². The summed E-state index contributed by atoms with van der Waals surface area (Å²) >= 11 is 1.05. The Balaban J connectivity index is 1.84. The zero-order valence-corrected chi connectivity index (χ0v) is 14.6. The summed E-state index contributed by atoms with van der Waals surface area (Å²) in [5.74, 6) is 0. The molecule has 0 fully saturated rings. The van der Waals surface area contributed by atoms with E-state index in [9.17, 15) is 27.6 Å². The van der Waals surface area contributed by atoms with Crippen LogP contribution in [-0.4, -0.2) is 28.9 Å². The van der Waals surface area contributed by atoms with Gasteiger partial charge in [-0.2, -0.15) is 0 Å². The monoisotopic (exact) mass is 390 g/mol. The van der Waals surface area contributed by atoms with Crippen molar-refractivity contribution in [3.63, 3.8) is 0 Å². The summed E-state index contributed by atoms with van der Waals surface area (Å²) < 4.78 is 25.6. The van der Waals surface area contributed by atoms with Crippen LogP contribution in [0.5, 0.6) is 0 Å². The molecule has 0 unspecified atom stereocenters. The zero-order chi connectivity index (χ0) is 17.9. The number of fused-ring (bicyclic) bond motifs is 2. The molecule has 0 N–H and O–H groups in total. The molecule has 0 saturated carbocycles. The topological polar surface area (TPSA) is 102 Å². The highest BCUT2D eigenvalue weighted by molar-refractivity contribution is 8.28. The first-order valence-corrected chi connectivity index (χ1v) is 9.97. The number of benzene rings is 2. The van der Waals surface area contributed by atoms with Gasteiger partial charge >= 0.3 is 0 Å². The molecule has 2 heterocycles. The molecule has 2 aromatic rings. The minimum Gasteiger partial charge on any atom is -0.281 e. The highest BCUT2D eigenvalue weighted by atomic mass is 32.2. The fraction of sp³-hybridized carbons (Fsp3) is 0. The summed E-state index contributed by atoms with van der Waals surface area (Å²) in [7, 11) is -4.01. The SMILES string of the molecule is O=C1SC(=O)c2cc(S(=O)(=O)c3ccc4c(c3)C(=O)SC4=O)ccc21. The predicted octanol–water partition coefficient (Wildman–Crippen LogP) is 2.57. The Morgan fingerprint density at radius 2 is 0.920 bits per heavy atom. The fourth-order valence-electron chi connectivity index (χ4n) is 2.60. The number of thioether (sulfide) groups is 2. The third kappa shape index (κ3) is 2.38. The molecule has 2 aliphatic heterocycles. The molecule has 6 nitrogen and oxygen atoms in total. The lowest BCUT2D eigenvalue weighted by Gasteiger charge is -2.07. The van der Waals surface area contributed by atoms with Crippen LogP contribution in [0.2, 0.25) is 0 Å². The van der Waals surface area contributed by atoms with Crippen molar-refractivity contribution in [3.8, 4) is 0 Å². The van der Waals surface area contributed by atoms with Gasteiger partial charge in [-0.05, 0) is 59.9 Å². The van der Waals surface area contributed by atoms with E-state index in [0.717, 1.165) is 0 Å². The molecule has 0 saturated heterocycles. The first kappa shape index (κ1) is 16.2. The van der Waals surface area contributed by atoms with Gasteiger partial charge in [0.2, 0.25) is 30.3 Å². The Morgan fingerprint density at radius 3 is 1.32 bits per heavy atom. The molecule has 0 spiro atoms. The summed E-state index contributed by atoms with van der Waals surface area (Å²) in [5, 5.41) is -1.82. The molecule has 0 atom stereocenters. The Hall–Kier alpha value is -2.23. The van der Waals surface area contributed by atoms with Crippen molar-refractivity contribution in [1.82, 2.24) is 0 Å². The van der Waals surface area contributed by atoms with Gasteiger partial charge in [0, 0.05) is 22.3 Å². The van der Waals surface area contributed by atoms with Crippen molar-refractivity contribution in [2.45, 2.75) is 9.79 Å². The van der Waals surface area contributed by atoms with Gasteiger partial charge in [-0.3, -0.25) is 19.2 Å². The molecule has 0 aliphatic carbocycles. The van der Waals surface area contributed by atoms with Crippen LogP contribution in [0.15, 0.2) is 46.2 Å². The summed E-state index contributed by atoms with van der Waals surface area (Å²) in [6.07, 6.45) is 0. The molecule has 2 aromatic carbocycles. The van der Waals surface area contributed by atoms with Crippen molar-refractivity contribution >= 4 is 53.8 Å². The third-order valence-electron chi connectivity index (χ3n) is 3.85. The number of hydrogen-bond donors (Lipinski definition) is 0. The van der Waals surface area contributed by atoms with Crippen LogP contribution in [0.25, 0.3) is 0 Å². The summed E-state index contributed by atoms with van der Waals surface area (Å²) in [5.41, 5.74) is 0.471. The summed E-state index contributed by atoms with van der Waals surface area (Å²) in [4.78, 5) is 46.5. The van der Waals surface area contributed by atoms with E-state index in [1.54, 1.807) is 0 Å². The van der Waals surface area contributed by atoms with Crippen LogP contribution in [0.1, 0.15) is 41.4 Å². The number of carbonyl (C=O) groups is 4. The maximum absolute atomic E-state index is 12.8. The van der Waals surface area contributed by atoms with Crippen LogP contribution >= 0.6 is 23.5 Å². The van der Waals surface area contributed by atoms with Crippen LogP contribution in [-0.2, 0) is 9.84 Å². The van der Waals surface area contributed by atoms with Gasteiger partial charge in [0.1, 0.15) is 0 Å². The molecular formula is C16H6O6S3. The predicted molar refractivity (Wildman–Crippen MR) is 90.8 cm³/mol. The molecule has 0 bridgehead atoms. The van der Waals surface area contributed by atoms with E-state index in [1.165, 1.54) is 36.4 Å². The van der Waals surface area contributed by atoms with Crippen molar-refractivity contribution in [2.75, 3.05) is 0 Å². The number of rotatable bonds is 2. The normalized spacial score (nSPS) is 16.3. The van der Waals surface area contributed by atoms with Gasteiger partial charge in [-0.25, -0.2) is 8.42 Å². The standard InChI is InChI=1S/C16H6O6S3/c17-13-9-3-1-7(5-11(9)15(19)23-13)25(21,22)8-2-4-10-12(6-8)16(20)24-14(10)18/h1-6H. The van der Waals surface area contributed by atoms with Gasteiger partial charge in [0.15, 0.2) is 0 Å². The number of carbonyl (C=O) groups excluding carboxylic acids is 4. The van der Waals surface area contributed by atoms with Gasteiger partial charge in [-0.15, -0.1) is 0 Å². The second-order valence-corrected chi connectivity index (χ2v) is 9.11. The van der Waals surface area contributed by atoms with E-state index in [2.05, 4.69) is 0 Å². The maximum Gasteiger partial charge on any atom is 0.228 e. The van der Waals surface area contributed by atoms with Crippen molar-refractivity contribution < 1.29 is 27.6 Å². The fourth-order valence-corrected chi connectivity index (χ4v) is 5.38. The lowest BCUT2D eigenvalue weighted by molar-refractivity contribution is 0.107. The largest absolute Gasteiger partial charge is 0.281 e. The minimum absolute atomic E-state index is 0.0547. The highest BCUT2D eigenvalue weighted by Crippen LogP contribution is 2.35. The van der Waals surface area contributed by atoms with Gasteiger partial charge in [0.25, 0.3) is 0 Å². The second-order valence-electron chi connectivity index (χ2n) is 5.27. The Labute approximate surface area is 149 Å². The maximum atomic E-state index is 12.8. The van der Waals surface area contributed by atoms with E-state index in [1.807, 2.05) is 0 Å². The van der Waals surface area contributed by atoms with Gasteiger partial charge in [-0.1, -0.05) is 0 Å². The van der Waals surface area contributed by atoms with Crippen LogP contribution in [0.3, 0.4) is 0 Å². The first-order valence-electron chi connectivity index (χ1n) is 6.85. The molecule has 4 rings (SSSR count). The van der Waals surface area contributed by atoms with E-state index in [-0.39, 0.29) is 32.0 Å². The smallest absolute Gasteiger partial charge is 0.228 e. The van der Waals surface area contributed by atoms with Crippen LogP contribution in [0.4, 0.5) is 0 Å². The molecule has 0 radical (unpaired) electrons. The summed E-state index contributed by atoms with van der Waals surface area (Å²) in [6.45, 7) is 0. The Morgan fingerprint density at radius 1 is 0.560 bits per heavy atom. The molecule has 124 valence electrons. The average molecular weight is 390 g/mol. The lowest BCUT2D eigenvalue weighted by Crippen LogP contribution is -2.05. The van der Waals surface area contributed by atoms with Crippen LogP contribution < -0.4 is 0 Å². The molecule has 2 aliphatic rings. The highest BCUT2D eigenvalue weighted by Gasteiger charge is 2.33. The lowest BCUT2D eigenvalue weighted by atomic mass is 10.1. The average Bonchev–Trinajstić information content (AvgIpc) is 3.03. The number of sulfone groups is 1. The van der Waals surface area contributed by atoms with Crippen molar-refractivity contribution in [2.24, 2.45) is 0 Å². The Bertz CT molecular complexity index is 1050. The molecule has 25 heavy (non-hydrogen) atoms. The second kappa shape index (κ2) is 5.38. The molecule has 0 amide bonds. The van der Waals surface area contributed by atoms with E-state index < -0.39 is 30.3 Å². The van der Waals surface area contributed by atoms with E-state index in [4.69, 9.17) is 0 Å². The Kier molecular flexibility index (Phi) is 3.50. The molecule has 0 aromatic heterocycles. The molecule has 9 heteroatoms. The molecular weight excluding hydrogens is 384 g/mol. The quantitative estimate of drug-likeness (QED) is 0.771. The minimum atomic E-state index is -4.01. The van der Waals surface area contributed by atoms with E-state index >= 15 is 0 Å². The van der Waals surface area contributed by atoms with Crippen LogP contribution in [0, 0.1) is 0 Å². The van der Waals surface area contributed by atoms with Crippen molar-refractivity contribution in [1.29, 1.82) is 0 Å². The van der Waals surface area contributed by atoms with E-state index in [0.29, 0.717) is 23.5 Å². The summed E-state index contributed by atoms with van der Waals surface area (Å²) in [6, 6.07) is 7.45. The first-order chi connectivity index (χ1) is 11.8. The number of hydrogen-bond acceptors (Lipinski definition) is 8. The van der Waals surface area contributed by atoms with Gasteiger partial charge in [0.05, 0.1) is 9.79 Å². The zero-order valence-electron chi connectivity index (χ0n) is 12.1.